The van der Waals surface area contributed by atoms with Gasteiger partial charge in [0.05, 0.1) is 13.1 Å². The number of hydrogen-bond donors (Lipinski definition) is 1. The molecule has 1 aromatic heterocycles. The van der Waals surface area contributed by atoms with E-state index in [1.165, 1.54) is 26.6 Å². The van der Waals surface area contributed by atoms with Gasteiger partial charge in [0.2, 0.25) is 11.8 Å². The molecule has 1 N–H and O–H groups in total. The fourth-order valence-corrected chi connectivity index (χ4v) is 7.13. The molecule has 8 nitrogen and oxygen atoms in total. The molecular formula is C23H27N3O5S2. The van der Waals surface area contributed by atoms with Crippen LogP contribution in [0.1, 0.15) is 53.1 Å². The number of amides is 3. The molecule has 176 valence electrons. The van der Waals surface area contributed by atoms with Gasteiger partial charge in [0.25, 0.3) is 5.91 Å². The van der Waals surface area contributed by atoms with Crippen LogP contribution in [0.2, 0.25) is 0 Å². The van der Waals surface area contributed by atoms with Crippen molar-refractivity contribution < 1.29 is 23.1 Å². The quantitative estimate of drug-likeness (QED) is 0.475. The first-order valence-electron chi connectivity index (χ1n) is 10.9. The third kappa shape index (κ3) is 4.52. The number of carbonyl (C=O) groups is 3. The van der Waals surface area contributed by atoms with Gasteiger partial charge < -0.3 is 9.45 Å². The molecule has 3 amide bonds. The Morgan fingerprint density at radius 3 is 2.67 bits per heavy atom. The average molecular weight is 490 g/mol. The van der Waals surface area contributed by atoms with Gasteiger partial charge in [0, 0.05) is 29.0 Å². The molecule has 2 aliphatic heterocycles. The van der Waals surface area contributed by atoms with Crippen LogP contribution in [0.5, 0.6) is 0 Å². The molecule has 33 heavy (non-hydrogen) atoms. The Morgan fingerprint density at radius 1 is 1.27 bits per heavy atom. The van der Waals surface area contributed by atoms with Gasteiger partial charge in [-0.05, 0) is 48.4 Å². The Hall–Kier alpha value is -2.40. The van der Waals surface area contributed by atoms with Gasteiger partial charge in [0.1, 0.15) is 6.04 Å². The van der Waals surface area contributed by atoms with Gasteiger partial charge >= 0.3 is 0 Å². The summed E-state index contributed by atoms with van der Waals surface area (Å²) < 4.78 is 29.2. The summed E-state index contributed by atoms with van der Waals surface area (Å²) >= 11 is 1.52. The molecule has 2 aromatic rings. The van der Waals surface area contributed by atoms with E-state index in [0.717, 1.165) is 10.4 Å². The molecule has 4 rings (SSSR count). The molecule has 0 spiro atoms. The Labute approximate surface area is 198 Å². The lowest BCUT2D eigenvalue weighted by atomic mass is 10.0. The molecule has 1 aromatic carbocycles. The lowest BCUT2D eigenvalue weighted by molar-refractivity contribution is -0.136. The fraction of sp³-hybridized carbons (Fsp3) is 0.435. The van der Waals surface area contributed by atoms with Crippen molar-refractivity contribution in [3.05, 3.63) is 51.2 Å². The molecular weight excluding hydrogens is 462 g/mol. The summed E-state index contributed by atoms with van der Waals surface area (Å²) in [5.41, 5.74) is 1.74. The Bertz CT molecular complexity index is 1160. The van der Waals surface area contributed by atoms with Crippen LogP contribution in [0.4, 0.5) is 0 Å². The number of piperidine rings is 1. The summed E-state index contributed by atoms with van der Waals surface area (Å²) in [5, 5.41) is 4.22. The average Bonchev–Trinajstić information content (AvgIpc) is 3.30. The largest absolute Gasteiger partial charge is 0.593 e. The summed E-state index contributed by atoms with van der Waals surface area (Å²) in [6, 6.07) is 5.87. The van der Waals surface area contributed by atoms with E-state index in [2.05, 4.69) is 5.32 Å². The number of benzene rings is 1. The number of aryl methyl sites for hydroxylation is 1. The maximum atomic E-state index is 13.8. The van der Waals surface area contributed by atoms with Crippen LogP contribution in [-0.2, 0) is 37.3 Å². The van der Waals surface area contributed by atoms with E-state index >= 15 is 0 Å². The maximum absolute atomic E-state index is 13.8. The second-order valence-electron chi connectivity index (χ2n) is 8.90. The van der Waals surface area contributed by atoms with Crippen molar-refractivity contribution in [1.82, 2.24) is 14.5 Å². The standard InChI is InChI=1S/C23H27N3O5S2/c1-14(2)11-25(13-19-15(3)9-10-32-19)33(30,31)20-6-4-5-16-17(20)12-26(23(16)29)18-7-8-21(27)24-22(18)28/h4-6,9-10,14,18H,7-8,11-13H2,1-3H3,(H-,24,27,28,30,31). The Morgan fingerprint density at radius 2 is 2.03 bits per heavy atom. The zero-order chi connectivity index (χ0) is 23.9. The summed E-state index contributed by atoms with van der Waals surface area (Å²) in [5.74, 6) is -1.16. The number of carbonyl (C=O) groups excluding carboxylic acids is 3. The number of nitrogens with one attached hydrogen (secondary N) is 1. The molecule has 2 aliphatic rings. The number of nitrogens with zero attached hydrogens (tertiary/aromatic N) is 2. The number of rotatable bonds is 7. The van der Waals surface area contributed by atoms with Crippen LogP contribution in [-0.4, -0.2) is 44.1 Å². The lowest BCUT2D eigenvalue weighted by Crippen LogP contribution is -2.52. The normalized spacial score (nSPS) is 20.4. The van der Waals surface area contributed by atoms with Gasteiger partial charge in [-0.2, -0.15) is 0 Å². The van der Waals surface area contributed by atoms with Gasteiger partial charge in [-0.3, -0.25) is 19.7 Å². The highest BCUT2D eigenvalue weighted by Crippen LogP contribution is 2.36. The zero-order valence-electron chi connectivity index (χ0n) is 18.8. The van der Waals surface area contributed by atoms with E-state index in [1.807, 2.05) is 32.2 Å². The molecule has 0 saturated carbocycles. The first kappa shape index (κ1) is 23.7. The second-order valence-corrected chi connectivity index (χ2v) is 11.8. The van der Waals surface area contributed by atoms with Gasteiger partial charge in [-0.1, -0.05) is 24.1 Å². The van der Waals surface area contributed by atoms with E-state index in [0.29, 0.717) is 12.1 Å². The summed E-state index contributed by atoms with van der Waals surface area (Å²) in [7, 11) is -3.91. The van der Waals surface area contributed by atoms with Crippen molar-refractivity contribution in [1.29, 1.82) is 0 Å². The fourth-order valence-electron chi connectivity index (χ4n) is 4.32. The van der Waals surface area contributed by atoms with E-state index in [-0.39, 0.29) is 54.1 Å². The van der Waals surface area contributed by atoms with Crippen LogP contribution in [0.3, 0.4) is 0 Å². The van der Waals surface area contributed by atoms with Crippen LogP contribution >= 0.6 is 11.3 Å². The van der Waals surface area contributed by atoms with Crippen molar-refractivity contribution >= 4 is 39.5 Å². The molecule has 2 atom stereocenters. The number of hydrogen-bond acceptors (Lipinski definition) is 6. The van der Waals surface area contributed by atoms with E-state index in [4.69, 9.17) is 0 Å². The van der Waals surface area contributed by atoms with Crippen LogP contribution in [0, 0.1) is 12.8 Å². The number of fused-ring (bicyclic) bond motifs is 1. The molecule has 2 unspecified atom stereocenters. The molecule has 1 saturated heterocycles. The van der Waals surface area contributed by atoms with Gasteiger partial charge in [0.15, 0.2) is 15.3 Å². The summed E-state index contributed by atoms with van der Waals surface area (Å²) in [6.07, 6.45) is 0.369. The number of thiophene rings is 1. The minimum Gasteiger partial charge on any atom is -0.593 e. The molecule has 10 heteroatoms. The van der Waals surface area contributed by atoms with Crippen molar-refractivity contribution in [3.8, 4) is 0 Å². The highest BCUT2D eigenvalue weighted by atomic mass is 32.3. The second kappa shape index (κ2) is 9.09. The smallest absolute Gasteiger partial charge is 0.255 e. The topological polar surface area (TPSA) is 110 Å². The predicted molar refractivity (Wildman–Crippen MR) is 124 cm³/mol. The third-order valence-corrected chi connectivity index (χ3v) is 8.92. The number of sulfonamides is 1. The van der Waals surface area contributed by atoms with Crippen LogP contribution in [0.15, 0.2) is 34.5 Å². The first-order valence-corrected chi connectivity index (χ1v) is 13.2. The van der Waals surface area contributed by atoms with E-state index < -0.39 is 22.3 Å². The minimum absolute atomic E-state index is 0.0173. The van der Waals surface area contributed by atoms with Crippen LogP contribution in [0.25, 0.3) is 0 Å². The molecule has 0 bridgehead atoms. The van der Waals surface area contributed by atoms with Gasteiger partial charge in [-0.25, -0.2) is 0 Å². The summed E-state index contributed by atoms with van der Waals surface area (Å²) in [6.45, 7) is 6.51. The van der Waals surface area contributed by atoms with Crippen molar-refractivity contribution in [2.24, 2.45) is 5.92 Å². The van der Waals surface area contributed by atoms with E-state index in [9.17, 15) is 23.1 Å². The predicted octanol–water partition coefficient (Wildman–Crippen LogP) is 2.88. The minimum atomic E-state index is -3.91. The molecule has 0 radical (unpaired) electrons. The van der Waals surface area contributed by atoms with E-state index in [1.54, 1.807) is 12.1 Å². The third-order valence-electron chi connectivity index (χ3n) is 6.01. The summed E-state index contributed by atoms with van der Waals surface area (Å²) in [4.78, 5) is 39.4. The molecule has 3 heterocycles. The van der Waals surface area contributed by atoms with Gasteiger partial charge in [-0.15, -0.1) is 15.6 Å². The van der Waals surface area contributed by atoms with Crippen molar-refractivity contribution in [3.63, 3.8) is 0 Å². The molecule has 1 fully saturated rings. The Balaban J connectivity index is 1.68. The highest BCUT2D eigenvalue weighted by molar-refractivity contribution is 7.95. The van der Waals surface area contributed by atoms with Crippen molar-refractivity contribution in [2.45, 2.75) is 57.6 Å². The van der Waals surface area contributed by atoms with Crippen LogP contribution < -0.4 is 5.32 Å². The SMILES string of the molecule is Cc1ccsc1CN(CC(C)C)[S+](=O)([O-])c1cccc2c1CN(C1CCC(=O)NC1=O)C2=O. The zero-order valence-corrected chi connectivity index (χ0v) is 20.5. The van der Waals surface area contributed by atoms with Crippen molar-refractivity contribution in [2.75, 3.05) is 6.54 Å². The first-order chi connectivity index (χ1) is 15.6. The Kier molecular flexibility index (Phi) is 6.54. The lowest BCUT2D eigenvalue weighted by Gasteiger charge is -2.30. The number of imide groups is 1. The maximum Gasteiger partial charge on any atom is 0.255 e. The highest BCUT2D eigenvalue weighted by Gasteiger charge is 2.43. The monoisotopic (exact) mass is 489 g/mol. The molecule has 0 aliphatic carbocycles.